The highest BCUT2D eigenvalue weighted by atomic mass is 16.5. The molecule has 2 aromatic rings. The van der Waals surface area contributed by atoms with E-state index in [1.54, 1.807) is 43.5 Å². The van der Waals surface area contributed by atoms with E-state index in [9.17, 15) is 19.8 Å². The van der Waals surface area contributed by atoms with E-state index in [4.69, 9.17) is 9.47 Å². The summed E-state index contributed by atoms with van der Waals surface area (Å²) in [4.78, 5) is 25.7. The Morgan fingerprint density at radius 3 is 2.23 bits per heavy atom. The summed E-state index contributed by atoms with van der Waals surface area (Å²) >= 11 is 0. The number of fused-ring (bicyclic) bond motifs is 1. The molecule has 154 valence electrons. The lowest BCUT2D eigenvalue weighted by Crippen LogP contribution is -2.17. The van der Waals surface area contributed by atoms with Gasteiger partial charge < -0.3 is 25.0 Å². The highest BCUT2D eigenvalue weighted by molar-refractivity contribution is 6.31. The minimum Gasteiger partial charge on any atom is -0.493 e. The van der Waals surface area contributed by atoms with Crippen LogP contribution >= 0.6 is 0 Å². The van der Waals surface area contributed by atoms with Crippen LogP contribution in [0, 0.1) is 0 Å². The van der Waals surface area contributed by atoms with Crippen molar-refractivity contribution in [2.75, 3.05) is 14.2 Å². The van der Waals surface area contributed by atoms with Gasteiger partial charge in [0.05, 0.1) is 44.3 Å². The summed E-state index contributed by atoms with van der Waals surface area (Å²) in [5.41, 5.74) is 4.23. The van der Waals surface area contributed by atoms with E-state index in [-0.39, 0.29) is 31.3 Å². The number of nitrogens with one attached hydrogen (secondary N) is 1. The molecule has 1 heterocycles. The van der Waals surface area contributed by atoms with Gasteiger partial charge in [0.15, 0.2) is 17.3 Å². The quantitative estimate of drug-likeness (QED) is 0.676. The molecule has 0 aromatic heterocycles. The number of aliphatic hydroxyl groups excluding tert-OH is 2. The lowest BCUT2D eigenvalue weighted by molar-refractivity contribution is -0.116. The summed E-state index contributed by atoms with van der Waals surface area (Å²) in [6.07, 6.45) is 0.110. The highest BCUT2D eigenvalue weighted by Gasteiger charge is 2.40. The lowest BCUT2D eigenvalue weighted by Gasteiger charge is -2.11. The number of carbonyl (C=O) groups excluding carboxylic acids is 2. The molecule has 30 heavy (non-hydrogen) atoms. The molecule has 0 spiro atoms. The second-order valence-corrected chi connectivity index (χ2v) is 7.03. The Labute approximate surface area is 173 Å². The molecule has 1 aliphatic heterocycles. The van der Waals surface area contributed by atoms with Gasteiger partial charge >= 0.3 is 0 Å². The zero-order chi connectivity index (χ0) is 21.4. The number of Topliss-reactive ketones (excluding diaryl/α,β-unsaturated/α-hetero) is 1. The van der Waals surface area contributed by atoms with Gasteiger partial charge in [-0.2, -0.15) is 0 Å². The van der Waals surface area contributed by atoms with Gasteiger partial charge in [-0.1, -0.05) is 18.2 Å². The predicted octanol–water partition coefficient (Wildman–Crippen LogP) is 1.96. The Kier molecular flexibility index (Phi) is 5.15. The Morgan fingerprint density at radius 2 is 1.57 bits per heavy atom. The number of carbonyl (C=O) groups is 2. The number of hydrogen-bond donors (Lipinski definition) is 3. The van der Waals surface area contributed by atoms with Crippen LogP contribution in [-0.4, -0.2) is 36.1 Å². The first-order chi connectivity index (χ1) is 14.5. The van der Waals surface area contributed by atoms with Gasteiger partial charge in [-0.15, -0.1) is 0 Å². The molecule has 0 saturated heterocycles. The van der Waals surface area contributed by atoms with Crippen molar-refractivity contribution >= 4 is 23.0 Å². The van der Waals surface area contributed by atoms with Gasteiger partial charge in [0.2, 0.25) is 0 Å². The summed E-state index contributed by atoms with van der Waals surface area (Å²) in [6, 6.07) is 10.4. The molecule has 2 aromatic carbocycles. The number of methoxy groups -OCH3 is 2. The molecule has 0 atom stereocenters. The molecule has 1 amide bonds. The van der Waals surface area contributed by atoms with Crippen LogP contribution in [0.3, 0.4) is 0 Å². The number of benzene rings is 2. The van der Waals surface area contributed by atoms with Crippen LogP contribution in [0.1, 0.15) is 28.7 Å². The maximum atomic E-state index is 12.9. The van der Waals surface area contributed by atoms with E-state index in [2.05, 4.69) is 5.32 Å². The van der Waals surface area contributed by atoms with Crippen LogP contribution in [0.15, 0.2) is 47.5 Å². The van der Waals surface area contributed by atoms with Crippen molar-refractivity contribution in [1.29, 1.82) is 0 Å². The number of ether oxygens (including phenoxy) is 2. The third kappa shape index (κ3) is 3.08. The molecular formula is C23H21NO6. The van der Waals surface area contributed by atoms with E-state index < -0.39 is 0 Å². The Bertz CT molecular complexity index is 1040. The molecular weight excluding hydrogens is 386 g/mol. The monoisotopic (exact) mass is 407 g/mol. The van der Waals surface area contributed by atoms with Crippen molar-refractivity contribution in [2.24, 2.45) is 0 Å². The summed E-state index contributed by atoms with van der Waals surface area (Å²) in [6.45, 7) is -0.462. The van der Waals surface area contributed by atoms with Crippen molar-refractivity contribution in [2.45, 2.75) is 19.6 Å². The second kappa shape index (κ2) is 7.78. The number of allylic oxidation sites excluding steroid dienone is 1. The summed E-state index contributed by atoms with van der Waals surface area (Å²) in [5.74, 6) is 0.579. The topological polar surface area (TPSA) is 105 Å². The third-order valence-corrected chi connectivity index (χ3v) is 5.45. The Balaban J connectivity index is 1.85. The number of ketones is 1. The van der Waals surface area contributed by atoms with E-state index >= 15 is 0 Å². The van der Waals surface area contributed by atoms with Gasteiger partial charge in [0.25, 0.3) is 5.91 Å². The van der Waals surface area contributed by atoms with E-state index in [1.165, 1.54) is 7.11 Å². The number of amides is 1. The SMILES string of the molecule is COc1ccc(C2=C3C(=O)NC(c4ccc(CO)c(CO)c4)=C3C(=O)C2)cc1OC. The van der Waals surface area contributed by atoms with Gasteiger partial charge in [0.1, 0.15) is 0 Å². The van der Waals surface area contributed by atoms with E-state index in [0.29, 0.717) is 56.2 Å². The molecule has 0 unspecified atom stereocenters. The van der Waals surface area contributed by atoms with E-state index in [1.807, 2.05) is 0 Å². The Morgan fingerprint density at radius 1 is 0.867 bits per heavy atom. The molecule has 0 fully saturated rings. The second-order valence-electron chi connectivity index (χ2n) is 7.03. The summed E-state index contributed by atoms with van der Waals surface area (Å²) < 4.78 is 10.6. The van der Waals surface area contributed by atoms with Crippen molar-refractivity contribution in [3.63, 3.8) is 0 Å². The molecule has 7 heteroatoms. The van der Waals surface area contributed by atoms with Crippen LogP contribution in [0.2, 0.25) is 0 Å². The van der Waals surface area contributed by atoms with Crippen LogP contribution in [-0.2, 0) is 22.8 Å². The standard InChI is InChI=1S/C23H21NO6/c1-29-18-6-5-12(8-19(18)30-2)16-9-17(27)21-20(16)23(28)24-22(21)13-3-4-14(10-25)15(7-13)11-26/h3-8,25-26H,9-11H2,1-2H3,(H,24,28). The van der Waals surface area contributed by atoms with Gasteiger partial charge in [0, 0.05) is 6.42 Å². The van der Waals surface area contributed by atoms with Crippen LogP contribution in [0.25, 0.3) is 11.3 Å². The van der Waals surface area contributed by atoms with Gasteiger partial charge in [-0.25, -0.2) is 0 Å². The third-order valence-electron chi connectivity index (χ3n) is 5.45. The first-order valence-corrected chi connectivity index (χ1v) is 9.41. The van der Waals surface area contributed by atoms with Gasteiger partial charge in [-0.05, 0) is 46.0 Å². The maximum absolute atomic E-state index is 12.9. The fourth-order valence-corrected chi connectivity index (χ4v) is 3.95. The average Bonchev–Trinajstić information content (AvgIpc) is 3.30. The zero-order valence-corrected chi connectivity index (χ0v) is 16.6. The minimum atomic E-state index is -0.340. The van der Waals surface area contributed by atoms with Crippen molar-refractivity contribution in [1.82, 2.24) is 5.32 Å². The van der Waals surface area contributed by atoms with Crippen molar-refractivity contribution in [3.8, 4) is 11.5 Å². The molecule has 0 saturated carbocycles. The fraction of sp³-hybridized carbons (Fsp3) is 0.217. The Hall–Kier alpha value is -3.42. The van der Waals surface area contributed by atoms with Crippen LogP contribution < -0.4 is 14.8 Å². The molecule has 4 rings (SSSR count). The number of hydrogen-bond acceptors (Lipinski definition) is 6. The molecule has 0 bridgehead atoms. The number of rotatable bonds is 6. The zero-order valence-electron chi connectivity index (χ0n) is 16.6. The molecule has 0 radical (unpaired) electrons. The average molecular weight is 407 g/mol. The van der Waals surface area contributed by atoms with Crippen molar-refractivity contribution < 1.29 is 29.3 Å². The minimum absolute atomic E-state index is 0.110. The number of aliphatic hydroxyl groups is 2. The summed E-state index contributed by atoms with van der Waals surface area (Å²) in [7, 11) is 3.07. The van der Waals surface area contributed by atoms with Crippen LogP contribution in [0.4, 0.5) is 0 Å². The predicted molar refractivity (Wildman–Crippen MR) is 109 cm³/mol. The lowest BCUT2D eigenvalue weighted by atomic mass is 9.99. The highest BCUT2D eigenvalue weighted by Crippen LogP contribution is 2.43. The summed E-state index contributed by atoms with van der Waals surface area (Å²) in [5, 5.41) is 21.8. The molecule has 3 N–H and O–H groups in total. The molecule has 7 nitrogen and oxygen atoms in total. The smallest absolute Gasteiger partial charge is 0.256 e. The fourth-order valence-electron chi connectivity index (χ4n) is 3.95. The van der Waals surface area contributed by atoms with Gasteiger partial charge in [-0.3, -0.25) is 9.59 Å². The first-order valence-electron chi connectivity index (χ1n) is 9.41. The maximum Gasteiger partial charge on any atom is 0.256 e. The largest absolute Gasteiger partial charge is 0.493 e. The normalized spacial score (nSPS) is 15.6. The molecule has 1 aliphatic carbocycles. The van der Waals surface area contributed by atoms with Crippen molar-refractivity contribution in [3.05, 3.63) is 69.8 Å². The van der Waals surface area contributed by atoms with Crippen LogP contribution in [0.5, 0.6) is 11.5 Å². The van der Waals surface area contributed by atoms with E-state index in [0.717, 1.165) is 0 Å². The first kappa shape index (κ1) is 19.9. The molecule has 2 aliphatic rings.